The van der Waals surface area contributed by atoms with Crippen LogP contribution >= 0.6 is 0 Å². The SMILES string of the molecule is Cc1ccc(C(=O)NC(C)CN(C)C)c2ccccc12. The van der Waals surface area contributed by atoms with Gasteiger partial charge in [0.05, 0.1) is 0 Å². The topological polar surface area (TPSA) is 32.3 Å². The number of aryl methyl sites for hydroxylation is 1. The normalized spacial score (nSPS) is 12.7. The zero-order valence-corrected chi connectivity index (χ0v) is 12.6. The van der Waals surface area contributed by atoms with Gasteiger partial charge in [0.15, 0.2) is 0 Å². The summed E-state index contributed by atoms with van der Waals surface area (Å²) in [5.41, 5.74) is 1.94. The molecule has 2 aromatic carbocycles. The van der Waals surface area contributed by atoms with Crippen molar-refractivity contribution in [2.75, 3.05) is 20.6 Å². The minimum atomic E-state index is -0.00412. The smallest absolute Gasteiger partial charge is 0.252 e. The first kappa shape index (κ1) is 14.5. The first-order valence-electron chi connectivity index (χ1n) is 6.93. The summed E-state index contributed by atoms with van der Waals surface area (Å²) in [5.74, 6) is -0.00412. The molecule has 1 atom stereocenters. The Hall–Kier alpha value is -1.87. The maximum atomic E-state index is 12.4. The number of carbonyl (C=O) groups is 1. The molecule has 3 heteroatoms. The van der Waals surface area contributed by atoms with Crippen LogP contribution < -0.4 is 5.32 Å². The van der Waals surface area contributed by atoms with E-state index in [1.165, 1.54) is 5.56 Å². The second-order valence-corrected chi connectivity index (χ2v) is 5.61. The number of likely N-dealkylation sites (N-methyl/N-ethyl adjacent to an activating group) is 1. The largest absolute Gasteiger partial charge is 0.348 e. The molecule has 2 rings (SSSR count). The lowest BCUT2D eigenvalue weighted by Crippen LogP contribution is -2.39. The molecule has 0 spiro atoms. The molecule has 0 radical (unpaired) electrons. The number of nitrogens with one attached hydrogen (secondary N) is 1. The molecule has 0 heterocycles. The van der Waals surface area contributed by atoms with Crippen molar-refractivity contribution in [1.82, 2.24) is 10.2 Å². The van der Waals surface area contributed by atoms with Crippen LogP contribution in [0.1, 0.15) is 22.8 Å². The van der Waals surface area contributed by atoms with E-state index in [1.807, 2.05) is 51.4 Å². The van der Waals surface area contributed by atoms with Crippen molar-refractivity contribution < 1.29 is 4.79 Å². The second-order valence-electron chi connectivity index (χ2n) is 5.61. The molecule has 0 aromatic heterocycles. The molecule has 0 saturated carbocycles. The molecule has 2 aromatic rings. The number of benzene rings is 2. The van der Waals surface area contributed by atoms with Crippen molar-refractivity contribution >= 4 is 16.7 Å². The van der Waals surface area contributed by atoms with Gasteiger partial charge in [-0.2, -0.15) is 0 Å². The molecular formula is C17H22N2O. The van der Waals surface area contributed by atoms with Crippen LogP contribution in [0.3, 0.4) is 0 Å². The molecule has 20 heavy (non-hydrogen) atoms. The highest BCUT2D eigenvalue weighted by molar-refractivity contribution is 6.07. The van der Waals surface area contributed by atoms with Gasteiger partial charge in [-0.1, -0.05) is 30.3 Å². The molecule has 0 bridgehead atoms. The van der Waals surface area contributed by atoms with E-state index in [0.29, 0.717) is 0 Å². The van der Waals surface area contributed by atoms with Gasteiger partial charge in [0.25, 0.3) is 5.91 Å². The van der Waals surface area contributed by atoms with Crippen LogP contribution in [0.25, 0.3) is 10.8 Å². The molecule has 1 unspecified atom stereocenters. The highest BCUT2D eigenvalue weighted by Gasteiger charge is 2.13. The van der Waals surface area contributed by atoms with E-state index < -0.39 is 0 Å². The maximum Gasteiger partial charge on any atom is 0.252 e. The standard InChI is InChI=1S/C17H22N2O/c1-12-9-10-16(15-8-6-5-7-14(12)15)17(20)18-13(2)11-19(3)4/h5-10,13H,11H2,1-4H3,(H,18,20). The van der Waals surface area contributed by atoms with Crippen LogP contribution in [0, 0.1) is 6.92 Å². The van der Waals surface area contributed by atoms with E-state index in [4.69, 9.17) is 0 Å². The van der Waals surface area contributed by atoms with Gasteiger partial charge in [0.1, 0.15) is 0 Å². The number of amides is 1. The summed E-state index contributed by atoms with van der Waals surface area (Å²) in [6, 6.07) is 12.1. The number of carbonyl (C=O) groups excluding carboxylic acids is 1. The summed E-state index contributed by atoms with van der Waals surface area (Å²) >= 11 is 0. The number of hydrogen-bond acceptors (Lipinski definition) is 2. The van der Waals surface area contributed by atoms with Crippen molar-refractivity contribution in [2.45, 2.75) is 19.9 Å². The lowest BCUT2D eigenvalue weighted by molar-refractivity contribution is 0.0936. The minimum absolute atomic E-state index is 0.00412. The molecule has 1 amide bonds. The third-order valence-corrected chi connectivity index (χ3v) is 3.40. The molecule has 0 saturated heterocycles. The summed E-state index contributed by atoms with van der Waals surface area (Å²) in [4.78, 5) is 14.5. The lowest BCUT2D eigenvalue weighted by atomic mass is 10.00. The Labute approximate surface area is 120 Å². The molecule has 1 N–H and O–H groups in total. The van der Waals surface area contributed by atoms with Gasteiger partial charge in [-0.25, -0.2) is 0 Å². The zero-order valence-electron chi connectivity index (χ0n) is 12.6. The van der Waals surface area contributed by atoms with Gasteiger partial charge in [0.2, 0.25) is 0 Å². The third kappa shape index (κ3) is 3.17. The summed E-state index contributed by atoms with van der Waals surface area (Å²) in [6.07, 6.45) is 0. The Morgan fingerprint density at radius 3 is 2.45 bits per heavy atom. The van der Waals surface area contributed by atoms with Gasteiger partial charge in [-0.3, -0.25) is 4.79 Å². The van der Waals surface area contributed by atoms with Crippen molar-refractivity contribution in [3.05, 3.63) is 47.5 Å². The molecule has 0 aliphatic rings. The van der Waals surface area contributed by atoms with Gasteiger partial charge < -0.3 is 10.2 Å². The Morgan fingerprint density at radius 1 is 1.15 bits per heavy atom. The molecule has 3 nitrogen and oxygen atoms in total. The van der Waals surface area contributed by atoms with Gasteiger partial charge >= 0.3 is 0 Å². The highest BCUT2D eigenvalue weighted by atomic mass is 16.1. The van der Waals surface area contributed by atoms with Crippen LogP contribution in [0.5, 0.6) is 0 Å². The first-order chi connectivity index (χ1) is 9.49. The molecule has 0 aliphatic carbocycles. The van der Waals surface area contributed by atoms with Crippen LogP contribution in [0.2, 0.25) is 0 Å². The summed E-state index contributed by atoms with van der Waals surface area (Å²) in [5, 5.41) is 5.21. The number of fused-ring (bicyclic) bond motifs is 1. The van der Waals surface area contributed by atoms with Gasteiger partial charge in [0, 0.05) is 18.2 Å². The second kappa shape index (κ2) is 6.06. The molecule has 0 aliphatic heterocycles. The predicted octanol–water partition coefficient (Wildman–Crippen LogP) is 2.83. The van der Waals surface area contributed by atoms with Crippen molar-refractivity contribution in [3.63, 3.8) is 0 Å². The van der Waals surface area contributed by atoms with Gasteiger partial charge in [-0.15, -0.1) is 0 Å². The fraction of sp³-hybridized carbons (Fsp3) is 0.353. The van der Waals surface area contributed by atoms with E-state index in [2.05, 4.69) is 23.2 Å². The Bertz CT molecular complexity index is 619. The third-order valence-electron chi connectivity index (χ3n) is 3.40. The number of rotatable bonds is 4. The first-order valence-corrected chi connectivity index (χ1v) is 6.93. The fourth-order valence-electron chi connectivity index (χ4n) is 2.54. The number of hydrogen-bond donors (Lipinski definition) is 1. The summed E-state index contributed by atoms with van der Waals surface area (Å²) in [6.45, 7) is 4.92. The van der Waals surface area contributed by atoms with Crippen molar-refractivity contribution in [3.8, 4) is 0 Å². The van der Waals surface area contributed by atoms with E-state index in [-0.39, 0.29) is 11.9 Å². The van der Waals surface area contributed by atoms with Crippen LogP contribution in [-0.4, -0.2) is 37.5 Å². The van der Waals surface area contributed by atoms with Gasteiger partial charge in [-0.05, 0) is 50.3 Å². The Morgan fingerprint density at radius 2 is 1.80 bits per heavy atom. The number of nitrogens with zero attached hydrogens (tertiary/aromatic N) is 1. The zero-order chi connectivity index (χ0) is 14.7. The predicted molar refractivity (Wildman–Crippen MR) is 84.2 cm³/mol. The van der Waals surface area contributed by atoms with E-state index in [0.717, 1.165) is 22.9 Å². The fourth-order valence-corrected chi connectivity index (χ4v) is 2.54. The average Bonchev–Trinajstić information content (AvgIpc) is 2.38. The molecule has 0 fully saturated rings. The van der Waals surface area contributed by atoms with E-state index in [9.17, 15) is 4.79 Å². The molecular weight excluding hydrogens is 248 g/mol. The summed E-state index contributed by atoms with van der Waals surface area (Å²) < 4.78 is 0. The molecule has 106 valence electrons. The lowest BCUT2D eigenvalue weighted by Gasteiger charge is -2.19. The van der Waals surface area contributed by atoms with E-state index in [1.54, 1.807) is 0 Å². The van der Waals surface area contributed by atoms with Crippen molar-refractivity contribution in [2.24, 2.45) is 0 Å². The summed E-state index contributed by atoms with van der Waals surface area (Å²) in [7, 11) is 4.01. The Kier molecular flexibility index (Phi) is 4.40. The van der Waals surface area contributed by atoms with Crippen LogP contribution in [0.4, 0.5) is 0 Å². The monoisotopic (exact) mass is 270 g/mol. The quantitative estimate of drug-likeness (QED) is 0.926. The van der Waals surface area contributed by atoms with Crippen LogP contribution in [-0.2, 0) is 0 Å². The Balaban J connectivity index is 2.29. The highest BCUT2D eigenvalue weighted by Crippen LogP contribution is 2.22. The van der Waals surface area contributed by atoms with Crippen molar-refractivity contribution in [1.29, 1.82) is 0 Å². The van der Waals surface area contributed by atoms with E-state index >= 15 is 0 Å². The average molecular weight is 270 g/mol. The van der Waals surface area contributed by atoms with Crippen LogP contribution in [0.15, 0.2) is 36.4 Å². The maximum absolute atomic E-state index is 12.4. The minimum Gasteiger partial charge on any atom is -0.348 e.